The molecule has 1 aliphatic rings. The molecular formula is C13H16BrI. The molecule has 0 amide bonds. The molecule has 0 radical (unpaired) electrons. The highest BCUT2D eigenvalue weighted by atomic mass is 127. The van der Waals surface area contributed by atoms with Crippen LogP contribution in [-0.4, -0.2) is 4.83 Å². The molecule has 2 heteroatoms. The molecule has 1 saturated carbocycles. The van der Waals surface area contributed by atoms with Gasteiger partial charge in [0.25, 0.3) is 0 Å². The van der Waals surface area contributed by atoms with Crippen molar-refractivity contribution in [2.24, 2.45) is 5.92 Å². The van der Waals surface area contributed by atoms with Gasteiger partial charge in [-0.25, -0.2) is 0 Å². The Morgan fingerprint density at radius 3 is 2.60 bits per heavy atom. The van der Waals surface area contributed by atoms with Crippen molar-refractivity contribution in [3.63, 3.8) is 0 Å². The van der Waals surface area contributed by atoms with E-state index < -0.39 is 0 Å². The quantitative estimate of drug-likeness (QED) is 0.512. The van der Waals surface area contributed by atoms with Crippen molar-refractivity contribution in [1.82, 2.24) is 0 Å². The maximum Gasteiger partial charge on any atom is 0.0148 e. The van der Waals surface area contributed by atoms with Crippen molar-refractivity contribution < 1.29 is 0 Å². The normalized spacial score (nSPS) is 26.5. The van der Waals surface area contributed by atoms with E-state index in [4.69, 9.17) is 0 Å². The van der Waals surface area contributed by atoms with Gasteiger partial charge in [0.15, 0.2) is 0 Å². The Hall–Kier alpha value is 0.430. The standard InChI is InChI=1S/C13H16BrI/c14-12-3-1-2-11(9-12)8-10-4-6-13(15)7-5-10/h4-7,11-12H,1-3,8-9H2. The minimum Gasteiger partial charge on any atom is -0.0891 e. The topological polar surface area (TPSA) is 0 Å². The molecule has 82 valence electrons. The summed E-state index contributed by atoms with van der Waals surface area (Å²) in [6.07, 6.45) is 6.78. The van der Waals surface area contributed by atoms with E-state index in [1.807, 2.05) is 0 Å². The monoisotopic (exact) mass is 378 g/mol. The Kier molecular flexibility index (Phi) is 4.50. The third-order valence-corrected chi connectivity index (χ3v) is 4.71. The predicted molar refractivity (Wildman–Crippen MR) is 77.5 cm³/mol. The first-order valence-corrected chi connectivity index (χ1v) is 7.62. The lowest BCUT2D eigenvalue weighted by atomic mass is 9.85. The number of hydrogen-bond donors (Lipinski definition) is 0. The molecule has 1 aliphatic carbocycles. The van der Waals surface area contributed by atoms with E-state index in [0.717, 1.165) is 10.7 Å². The first-order valence-electron chi connectivity index (χ1n) is 5.62. The van der Waals surface area contributed by atoms with Crippen LogP contribution in [0.1, 0.15) is 31.2 Å². The van der Waals surface area contributed by atoms with E-state index in [2.05, 4.69) is 62.8 Å². The Labute approximate surface area is 114 Å². The average molecular weight is 379 g/mol. The third kappa shape index (κ3) is 3.74. The lowest BCUT2D eigenvalue weighted by Gasteiger charge is -2.25. The molecular weight excluding hydrogens is 363 g/mol. The zero-order valence-corrected chi connectivity index (χ0v) is 12.5. The second-order valence-electron chi connectivity index (χ2n) is 4.46. The van der Waals surface area contributed by atoms with Crippen LogP contribution in [0.15, 0.2) is 24.3 Å². The first kappa shape index (κ1) is 11.9. The predicted octanol–water partition coefficient (Wildman–Crippen LogP) is 4.79. The van der Waals surface area contributed by atoms with Crippen LogP contribution < -0.4 is 0 Å². The molecule has 1 aromatic rings. The average Bonchev–Trinajstić information content (AvgIpc) is 2.22. The number of halogens is 2. The van der Waals surface area contributed by atoms with E-state index in [1.165, 1.54) is 41.2 Å². The number of benzene rings is 1. The molecule has 1 fully saturated rings. The second kappa shape index (κ2) is 5.67. The fourth-order valence-electron chi connectivity index (χ4n) is 2.36. The van der Waals surface area contributed by atoms with Gasteiger partial charge in [0.1, 0.15) is 0 Å². The Morgan fingerprint density at radius 1 is 1.20 bits per heavy atom. The smallest absolute Gasteiger partial charge is 0.0148 e. The number of rotatable bonds is 2. The van der Waals surface area contributed by atoms with Crippen LogP contribution >= 0.6 is 38.5 Å². The molecule has 0 aromatic heterocycles. The van der Waals surface area contributed by atoms with Gasteiger partial charge in [-0.1, -0.05) is 40.9 Å². The van der Waals surface area contributed by atoms with Crippen LogP contribution in [-0.2, 0) is 6.42 Å². The van der Waals surface area contributed by atoms with Crippen molar-refractivity contribution in [1.29, 1.82) is 0 Å². The van der Waals surface area contributed by atoms with Gasteiger partial charge < -0.3 is 0 Å². The van der Waals surface area contributed by atoms with Crippen LogP contribution in [0.25, 0.3) is 0 Å². The minimum atomic E-state index is 0.764. The van der Waals surface area contributed by atoms with Crippen molar-refractivity contribution >= 4 is 38.5 Å². The van der Waals surface area contributed by atoms with Crippen molar-refractivity contribution in [2.75, 3.05) is 0 Å². The molecule has 0 heterocycles. The van der Waals surface area contributed by atoms with Gasteiger partial charge in [-0.3, -0.25) is 0 Å². The number of alkyl halides is 1. The molecule has 0 aliphatic heterocycles. The lowest BCUT2D eigenvalue weighted by molar-refractivity contribution is 0.368. The maximum absolute atomic E-state index is 3.75. The molecule has 0 nitrogen and oxygen atoms in total. The van der Waals surface area contributed by atoms with Crippen LogP contribution in [0.5, 0.6) is 0 Å². The van der Waals surface area contributed by atoms with Gasteiger partial charge in [-0.2, -0.15) is 0 Å². The molecule has 15 heavy (non-hydrogen) atoms. The van der Waals surface area contributed by atoms with Crippen LogP contribution in [0.3, 0.4) is 0 Å². The molecule has 0 spiro atoms. The van der Waals surface area contributed by atoms with Crippen molar-refractivity contribution in [2.45, 2.75) is 36.9 Å². The maximum atomic E-state index is 3.75. The molecule has 0 bridgehead atoms. The fourth-order valence-corrected chi connectivity index (χ4v) is 3.58. The third-order valence-electron chi connectivity index (χ3n) is 3.16. The Bertz CT molecular complexity index is 307. The highest BCUT2D eigenvalue weighted by molar-refractivity contribution is 14.1. The minimum absolute atomic E-state index is 0.764. The molecule has 2 atom stereocenters. The zero-order chi connectivity index (χ0) is 10.7. The summed E-state index contributed by atoms with van der Waals surface area (Å²) >= 11 is 6.12. The Balaban J connectivity index is 1.93. The van der Waals surface area contributed by atoms with Crippen molar-refractivity contribution in [3.05, 3.63) is 33.4 Å². The Morgan fingerprint density at radius 2 is 1.93 bits per heavy atom. The fraction of sp³-hybridized carbons (Fsp3) is 0.538. The summed E-state index contributed by atoms with van der Waals surface area (Å²) in [6.45, 7) is 0. The molecule has 0 N–H and O–H groups in total. The second-order valence-corrected chi connectivity index (χ2v) is 7.00. The van der Waals surface area contributed by atoms with Crippen LogP contribution in [0.4, 0.5) is 0 Å². The van der Waals surface area contributed by atoms with Gasteiger partial charge >= 0.3 is 0 Å². The summed E-state index contributed by atoms with van der Waals surface area (Å²) in [4.78, 5) is 0.764. The van der Waals surface area contributed by atoms with E-state index >= 15 is 0 Å². The van der Waals surface area contributed by atoms with E-state index in [-0.39, 0.29) is 0 Å². The van der Waals surface area contributed by atoms with Gasteiger partial charge in [0.2, 0.25) is 0 Å². The summed E-state index contributed by atoms with van der Waals surface area (Å²) in [5, 5.41) is 0. The van der Waals surface area contributed by atoms with Crippen LogP contribution in [0, 0.1) is 9.49 Å². The molecule has 2 rings (SSSR count). The molecule has 0 saturated heterocycles. The van der Waals surface area contributed by atoms with Gasteiger partial charge in [0.05, 0.1) is 0 Å². The zero-order valence-electron chi connectivity index (χ0n) is 8.76. The SMILES string of the molecule is BrC1CCCC(Cc2ccc(I)cc2)C1. The van der Waals surface area contributed by atoms with E-state index in [9.17, 15) is 0 Å². The summed E-state index contributed by atoms with van der Waals surface area (Å²) in [7, 11) is 0. The largest absolute Gasteiger partial charge is 0.0891 e. The lowest BCUT2D eigenvalue weighted by Crippen LogP contribution is -2.16. The highest BCUT2D eigenvalue weighted by Gasteiger charge is 2.19. The summed E-state index contributed by atoms with van der Waals surface area (Å²) in [5.41, 5.74) is 1.50. The van der Waals surface area contributed by atoms with Gasteiger partial charge in [-0.05, 0) is 65.5 Å². The molecule has 1 aromatic carbocycles. The van der Waals surface area contributed by atoms with Crippen molar-refractivity contribution in [3.8, 4) is 0 Å². The summed E-state index contributed by atoms with van der Waals surface area (Å²) in [5.74, 6) is 0.892. The first-order chi connectivity index (χ1) is 7.24. The van der Waals surface area contributed by atoms with Gasteiger partial charge in [0, 0.05) is 8.40 Å². The molecule has 2 unspecified atom stereocenters. The van der Waals surface area contributed by atoms with Crippen LogP contribution in [0.2, 0.25) is 0 Å². The highest BCUT2D eigenvalue weighted by Crippen LogP contribution is 2.31. The van der Waals surface area contributed by atoms with E-state index in [1.54, 1.807) is 0 Å². The number of hydrogen-bond acceptors (Lipinski definition) is 0. The van der Waals surface area contributed by atoms with Gasteiger partial charge in [-0.15, -0.1) is 0 Å². The summed E-state index contributed by atoms with van der Waals surface area (Å²) < 4.78 is 1.33. The summed E-state index contributed by atoms with van der Waals surface area (Å²) in [6, 6.07) is 8.98. The van der Waals surface area contributed by atoms with E-state index in [0.29, 0.717) is 0 Å².